The monoisotopic (exact) mass is 573 g/mol. The average molecular weight is 574 g/mol. The third-order valence-electron chi connectivity index (χ3n) is 7.00. The van der Waals surface area contributed by atoms with Crippen molar-refractivity contribution in [3.8, 4) is 0 Å². The molecule has 228 valence electrons. The number of carbonyl (C=O) groups is 1. The van der Waals surface area contributed by atoms with Gasteiger partial charge in [0.25, 0.3) is 5.79 Å². The maximum Gasteiger partial charge on any atom is 0.308 e. The van der Waals surface area contributed by atoms with Crippen LogP contribution in [-0.4, -0.2) is 158 Å². The van der Waals surface area contributed by atoms with Gasteiger partial charge >= 0.3 is 5.97 Å². The molecule has 0 amide bonds. The molecule has 0 spiro atoms. The molecule has 18 heteroatoms. The average Bonchev–Trinajstić information content (AvgIpc) is 2.93. The van der Waals surface area contributed by atoms with Gasteiger partial charge in [0.15, 0.2) is 18.9 Å². The largest absolute Gasteiger partial charge is 0.427 e. The minimum absolute atomic E-state index is 0.161. The third kappa shape index (κ3) is 6.36. The zero-order valence-corrected chi connectivity index (χ0v) is 21.1. The van der Waals surface area contributed by atoms with Crippen molar-refractivity contribution in [2.24, 2.45) is 17.2 Å². The van der Waals surface area contributed by atoms with Gasteiger partial charge in [-0.2, -0.15) is 0 Å². The van der Waals surface area contributed by atoms with E-state index in [9.17, 15) is 45.6 Å². The number of carbonyl (C=O) groups excluding carboxylic acids is 1. The molecule has 3 fully saturated rings. The van der Waals surface area contributed by atoms with Gasteiger partial charge in [-0.3, -0.25) is 4.79 Å². The van der Waals surface area contributed by atoms with Gasteiger partial charge < -0.3 is 86.5 Å². The quantitative estimate of drug-likeness (QED) is 0.114. The first-order valence-electron chi connectivity index (χ1n) is 12.4. The lowest BCUT2D eigenvalue weighted by molar-refractivity contribution is -0.399. The van der Waals surface area contributed by atoms with Crippen molar-refractivity contribution in [3.05, 3.63) is 0 Å². The van der Waals surface area contributed by atoms with E-state index in [-0.39, 0.29) is 6.42 Å². The number of hydrogen-bond acceptors (Lipinski definition) is 18. The molecule has 18 nitrogen and oxygen atoms in total. The van der Waals surface area contributed by atoms with Crippen molar-refractivity contribution in [3.63, 3.8) is 0 Å². The molecule has 14 N–H and O–H groups in total. The Morgan fingerprint density at radius 1 is 0.795 bits per heavy atom. The van der Waals surface area contributed by atoms with Gasteiger partial charge in [0.05, 0.1) is 31.3 Å². The fourth-order valence-electron chi connectivity index (χ4n) is 4.57. The number of aliphatic hydroxyl groups excluding tert-OH is 8. The number of rotatable bonds is 9. The highest BCUT2D eigenvalue weighted by Gasteiger charge is 2.58. The van der Waals surface area contributed by atoms with E-state index >= 15 is 0 Å². The summed E-state index contributed by atoms with van der Waals surface area (Å²) in [6.45, 7) is -1.13. The molecule has 2 unspecified atom stereocenters. The number of ether oxygens (including phenoxy) is 6. The Labute approximate surface area is 222 Å². The minimum Gasteiger partial charge on any atom is -0.427 e. The van der Waals surface area contributed by atoms with Crippen LogP contribution in [-0.2, 0) is 33.2 Å². The number of aliphatic hydroxyl groups is 8. The van der Waals surface area contributed by atoms with Gasteiger partial charge in [0, 0.05) is 6.42 Å². The van der Waals surface area contributed by atoms with Crippen molar-refractivity contribution in [2.75, 3.05) is 19.8 Å². The topological polar surface area (TPSA) is 312 Å². The Morgan fingerprint density at radius 2 is 1.31 bits per heavy atom. The second kappa shape index (κ2) is 13.2. The van der Waals surface area contributed by atoms with E-state index in [1.165, 1.54) is 6.92 Å². The van der Waals surface area contributed by atoms with Crippen molar-refractivity contribution in [1.29, 1.82) is 0 Å². The lowest BCUT2D eigenvalue weighted by Crippen LogP contribution is -2.72. The van der Waals surface area contributed by atoms with E-state index in [1.54, 1.807) is 0 Å². The molecule has 3 aliphatic rings. The molecule has 3 rings (SSSR count). The Bertz CT molecular complexity index is 811. The Kier molecular flexibility index (Phi) is 11.0. The summed E-state index contributed by atoms with van der Waals surface area (Å²) in [5.41, 5.74) is 17.7. The molecule has 39 heavy (non-hydrogen) atoms. The van der Waals surface area contributed by atoms with Crippen LogP contribution in [0.5, 0.6) is 0 Å². The Hall–Kier alpha value is -1.17. The summed E-state index contributed by atoms with van der Waals surface area (Å²) in [5, 5.41) is 81.5. The van der Waals surface area contributed by atoms with Crippen LogP contribution in [0.2, 0.25) is 0 Å². The summed E-state index contributed by atoms with van der Waals surface area (Å²) in [6.07, 6.45) is -17.5. The minimum atomic E-state index is -2.46. The van der Waals surface area contributed by atoms with E-state index < -0.39 is 117 Å². The number of nitrogens with two attached hydrogens (primary N) is 3. The highest BCUT2D eigenvalue weighted by atomic mass is 16.8. The summed E-state index contributed by atoms with van der Waals surface area (Å²) in [4.78, 5) is 11.9. The maximum absolute atomic E-state index is 11.9. The molecule has 15 atom stereocenters. The standard InChI is InChI=1S/C21H39N3O15/c1-2-8(28)38-21(5-27)17(32)14(31)11(24)20(39-21)37-16-7(4-26)35-19(10(23)13(16)30)36-15-6(3-25)34-18(33)9(22)12(15)29/h6-7,9-20,25-27,29-33H,2-5,22-24H2,1H3/t6-,7-,9-,10-,11-,12-,13-,14-,15?,16?,17+,18-,19+,20+,21+/m1/s1. The van der Waals surface area contributed by atoms with Crippen molar-refractivity contribution < 1.29 is 74.1 Å². The van der Waals surface area contributed by atoms with Gasteiger partial charge in [0.1, 0.15) is 55.4 Å². The summed E-state index contributed by atoms with van der Waals surface area (Å²) >= 11 is 0. The first kappa shape index (κ1) is 32.3. The highest BCUT2D eigenvalue weighted by molar-refractivity contribution is 5.69. The van der Waals surface area contributed by atoms with Crippen molar-refractivity contribution in [1.82, 2.24) is 0 Å². The van der Waals surface area contributed by atoms with Crippen LogP contribution in [0.25, 0.3) is 0 Å². The van der Waals surface area contributed by atoms with E-state index in [0.717, 1.165) is 0 Å². The molecule has 3 heterocycles. The van der Waals surface area contributed by atoms with Crippen LogP contribution < -0.4 is 17.2 Å². The molecular weight excluding hydrogens is 534 g/mol. The zero-order chi connectivity index (χ0) is 29.2. The van der Waals surface area contributed by atoms with Crippen LogP contribution in [0.15, 0.2) is 0 Å². The Morgan fingerprint density at radius 3 is 1.85 bits per heavy atom. The van der Waals surface area contributed by atoms with E-state index in [2.05, 4.69) is 0 Å². The first-order chi connectivity index (χ1) is 18.3. The highest BCUT2D eigenvalue weighted by Crippen LogP contribution is 2.34. The number of hydrogen-bond donors (Lipinski definition) is 11. The normalized spacial score (nSPS) is 49.0. The SMILES string of the molecule is CCC(=O)O[C@@]1(CO)O[C@H](OC2[C@@H](CO)O[C@@H](OC3[C@@H](CO)O[C@@H](O)[C@H](N)[C@H]3O)[C@H](N)[C@H]2O)[C@H](N)[C@@H](O)[C@@H]1O. The second-order valence-electron chi connectivity index (χ2n) is 9.61. The fraction of sp³-hybridized carbons (Fsp3) is 0.952. The van der Waals surface area contributed by atoms with Gasteiger partial charge in [-0.1, -0.05) is 6.92 Å². The summed E-state index contributed by atoms with van der Waals surface area (Å²) in [7, 11) is 0. The molecule has 0 aromatic carbocycles. The summed E-state index contributed by atoms with van der Waals surface area (Å²) < 4.78 is 32.7. The predicted octanol–water partition coefficient (Wildman–Crippen LogP) is -7.39. The molecule has 3 aliphatic heterocycles. The molecule has 0 aromatic heterocycles. The van der Waals surface area contributed by atoms with Gasteiger partial charge in [-0.05, 0) is 0 Å². The predicted molar refractivity (Wildman–Crippen MR) is 122 cm³/mol. The van der Waals surface area contributed by atoms with Crippen LogP contribution in [0, 0.1) is 0 Å². The molecule has 0 radical (unpaired) electrons. The van der Waals surface area contributed by atoms with Crippen LogP contribution in [0.3, 0.4) is 0 Å². The van der Waals surface area contributed by atoms with E-state index in [0.29, 0.717) is 0 Å². The zero-order valence-electron chi connectivity index (χ0n) is 21.1. The fourth-order valence-corrected chi connectivity index (χ4v) is 4.57. The van der Waals surface area contributed by atoms with Crippen LogP contribution in [0.1, 0.15) is 13.3 Å². The van der Waals surface area contributed by atoms with Gasteiger partial charge in [0.2, 0.25) is 0 Å². The van der Waals surface area contributed by atoms with E-state index in [4.69, 9.17) is 45.6 Å². The van der Waals surface area contributed by atoms with Gasteiger partial charge in [-0.25, -0.2) is 0 Å². The summed E-state index contributed by atoms with van der Waals surface area (Å²) in [6, 6.07) is -4.24. The molecule has 0 saturated carbocycles. The molecule has 0 aliphatic carbocycles. The smallest absolute Gasteiger partial charge is 0.308 e. The third-order valence-corrected chi connectivity index (χ3v) is 7.00. The molecule has 0 bridgehead atoms. The Balaban J connectivity index is 1.78. The van der Waals surface area contributed by atoms with E-state index in [1.807, 2.05) is 0 Å². The maximum atomic E-state index is 11.9. The second-order valence-corrected chi connectivity index (χ2v) is 9.61. The molecular formula is C21H39N3O15. The van der Waals surface area contributed by atoms with Crippen LogP contribution in [0.4, 0.5) is 0 Å². The molecule has 0 aromatic rings. The van der Waals surface area contributed by atoms with Crippen molar-refractivity contribution in [2.45, 2.75) is 105 Å². The van der Waals surface area contributed by atoms with Crippen LogP contribution >= 0.6 is 0 Å². The van der Waals surface area contributed by atoms with Crippen molar-refractivity contribution >= 4 is 5.97 Å². The molecule has 3 saturated heterocycles. The summed E-state index contributed by atoms with van der Waals surface area (Å²) in [5.74, 6) is -3.35. The number of esters is 1. The van der Waals surface area contributed by atoms with Gasteiger partial charge in [-0.15, -0.1) is 0 Å². The lowest BCUT2D eigenvalue weighted by Gasteiger charge is -2.50. The first-order valence-corrected chi connectivity index (χ1v) is 12.4. The lowest BCUT2D eigenvalue weighted by atomic mass is 9.93.